The SMILES string of the molecule is COCCCN(Cc1ccc(F)cc1)C(=O)c1cc(-c2ccccc2)nn1C. The minimum Gasteiger partial charge on any atom is -0.385 e. The zero-order chi connectivity index (χ0) is 19.9. The van der Waals surface area contributed by atoms with Gasteiger partial charge in [-0.1, -0.05) is 42.5 Å². The summed E-state index contributed by atoms with van der Waals surface area (Å²) in [6.07, 6.45) is 0.715. The molecular formula is C22H24FN3O2. The maximum Gasteiger partial charge on any atom is 0.272 e. The summed E-state index contributed by atoms with van der Waals surface area (Å²) in [6, 6.07) is 17.8. The van der Waals surface area contributed by atoms with Gasteiger partial charge in [-0.3, -0.25) is 9.48 Å². The van der Waals surface area contributed by atoms with Crippen molar-refractivity contribution < 1.29 is 13.9 Å². The fraction of sp³-hybridized carbons (Fsp3) is 0.273. The summed E-state index contributed by atoms with van der Waals surface area (Å²) >= 11 is 0. The van der Waals surface area contributed by atoms with E-state index in [-0.39, 0.29) is 11.7 Å². The van der Waals surface area contributed by atoms with Gasteiger partial charge in [-0.25, -0.2) is 4.39 Å². The number of hydrogen-bond donors (Lipinski definition) is 0. The molecule has 0 saturated heterocycles. The third-order valence-electron chi connectivity index (χ3n) is 4.52. The van der Waals surface area contributed by atoms with E-state index in [4.69, 9.17) is 4.74 Å². The summed E-state index contributed by atoms with van der Waals surface area (Å²) in [4.78, 5) is 15.0. The molecule has 0 fully saturated rings. The number of hydrogen-bond acceptors (Lipinski definition) is 3. The monoisotopic (exact) mass is 381 g/mol. The van der Waals surface area contributed by atoms with Crippen LogP contribution in [0.1, 0.15) is 22.5 Å². The van der Waals surface area contributed by atoms with Crippen molar-refractivity contribution in [2.75, 3.05) is 20.3 Å². The van der Waals surface area contributed by atoms with Gasteiger partial charge < -0.3 is 9.64 Å². The van der Waals surface area contributed by atoms with E-state index in [9.17, 15) is 9.18 Å². The maximum absolute atomic E-state index is 13.2. The first-order chi connectivity index (χ1) is 13.6. The molecule has 0 saturated carbocycles. The minimum atomic E-state index is -0.292. The number of benzene rings is 2. The smallest absolute Gasteiger partial charge is 0.272 e. The van der Waals surface area contributed by atoms with Crippen molar-refractivity contribution in [2.24, 2.45) is 7.05 Å². The van der Waals surface area contributed by atoms with Gasteiger partial charge in [0.25, 0.3) is 5.91 Å². The number of methoxy groups -OCH3 is 1. The fourth-order valence-corrected chi connectivity index (χ4v) is 3.04. The molecule has 0 spiro atoms. The fourth-order valence-electron chi connectivity index (χ4n) is 3.04. The number of aromatic nitrogens is 2. The molecule has 0 N–H and O–H groups in total. The van der Waals surface area contributed by atoms with Crippen LogP contribution >= 0.6 is 0 Å². The average Bonchev–Trinajstić information content (AvgIpc) is 3.11. The summed E-state index contributed by atoms with van der Waals surface area (Å²) in [6.45, 7) is 1.50. The highest BCUT2D eigenvalue weighted by atomic mass is 19.1. The third-order valence-corrected chi connectivity index (χ3v) is 4.52. The normalized spacial score (nSPS) is 10.8. The first-order valence-corrected chi connectivity index (χ1v) is 9.20. The molecule has 146 valence electrons. The molecule has 5 nitrogen and oxygen atoms in total. The predicted molar refractivity (Wildman–Crippen MR) is 106 cm³/mol. The quantitative estimate of drug-likeness (QED) is 0.556. The molecule has 3 rings (SSSR count). The van der Waals surface area contributed by atoms with Crippen molar-refractivity contribution in [3.05, 3.63) is 77.7 Å². The van der Waals surface area contributed by atoms with Gasteiger partial charge in [0.1, 0.15) is 11.5 Å². The van der Waals surface area contributed by atoms with Crippen molar-refractivity contribution in [3.8, 4) is 11.3 Å². The largest absolute Gasteiger partial charge is 0.385 e. The van der Waals surface area contributed by atoms with Crippen LogP contribution in [0.5, 0.6) is 0 Å². The van der Waals surface area contributed by atoms with E-state index in [0.29, 0.717) is 31.8 Å². The Hall–Kier alpha value is -2.99. The van der Waals surface area contributed by atoms with Gasteiger partial charge in [-0.2, -0.15) is 5.10 Å². The van der Waals surface area contributed by atoms with E-state index in [2.05, 4.69) is 5.10 Å². The number of carbonyl (C=O) groups excluding carboxylic acids is 1. The number of halogens is 1. The van der Waals surface area contributed by atoms with Crippen LogP contribution in [0.3, 0.4) is 0 Å². The topological polar surface area (TPSA) is 47.4 Å². The van der Waals surface area contributed by atoms with Gasteiger partial charge >= 0.3 is 0 Å². The van der Waals surface area contributed by atoms with Crippen LogP contribution in [-0.2, 0) is 18.3 Å². The van der Waals surface area contributed by atoms with E-state index in [1.54, 1.807) is 35.9 Å². The lowest BCUT2D eigenvalue weighted by atomic mass is 10.1. The lowest BCUT2D eigenvalue weighted by Gasteiger charge is -2.22. The van der Waals surface area contributed by atoms with Crippen LogP contribution in [0.15, 0.2) is 60.7 Å². The van der Waals surface area contributed by atoms with Crippen molar-refractivity contribution >= 4 is 5.91 Å². The number of amides is 1. The Morgan fingerprint density at radius 3 is 2.54 bits per heavy atom. The Labute approximate surface area is 164 Å². The van der Waals surface area contributed by atoms with Crippen LogP contribution in [0.2, 0.25) is 0 Å². The van der Waals surface area contributed by atoms with Crippen LogP contribution in [0, 0.1) is 5.82 Å². The van der Waals surface area contributed by atoms with Gasteiger partial charge in [-0.15, -0.1) is 0 Å². The van der Waals surface area contributed by atoms with Crippen molar-refractivity contribution in [1.82, 2.24) is 14.7 Å². The van der Waals surface area contributed by atoms with Crippen LogP contribution < -0.4 is 0 Å². The molecule has 1 aromatic heterocycles. The number of nitrogens with zero attached hydrogens (tertiary/aromatic N) is 3. The highest BCUT2D eigenvalue weighted by Crippen LogP contribution is 2.20. The van der Waals surface area contributed by atoms with Crippen LogP contribution in [-0.4, -0.2) is 40.8 Å². The van der Waals surface area contributed by atoms with Gasteiger partial charge in [0.2, 0.25) is 0 Å². The van der Waals surface area contributed by atoms with Gasteiger partial charge in [0.15, 0.2) is 0 Å². The van der Waals surface area contributed by atoms with E-state index < -0.39 is 0 Å². The lowest BCUT2D eigenvalue weighted by Crippen LogP contribution is -2.33. The number of ether oxygens (including phenoxy) is 1. The van der Waals surface area contributed by atoms with Crippen molar-refractivity contribution in [2.45, 2.75) is 13.0 Å². The Kier molecular flexibility index (Phi) is 6.55. The molecule has 2 aromatic carbocycles. The molecule has 0 aliphatic carbocycles. The van der Waals surface area contributed by atoms with Crippen molar-refractivity contribution in [1.29, 1.82) is 0 Å². The van der Waals surface area contributed by atoms with Crippen LogP contribution in [0.4, 0.5) is 4.39 Å². The number of carbonyl (C=O) groups is 1. The third kappa shape index (κ3) is 4.84. The standard InChI is InChI=1S/C22H24FN3O2/c1-25-21(15-20(24-25)18-7-4-3-5-8-18)22(27)26(13-6-14-28-2)16-17-9-11-19(23)12-10-17/h3-5,7-12,15H,6,13-14,16H2,1-2H3. The zero-order valence-electron chi connectivity index (χ0n) is 16.1. The Balaban J connectivity index is 1.83. The molecule has 0 atom stereocenters. The molecule has 28 heavy (non-hydrogen) atoms. The molecule has 0 aliphatic heterocycles. The lowest BCUT2D eigenvalue weighted by molar-refractivity contribution is 0.0712. The highest BCUT2D eigenvalue weighted by molar-refractivity contribution is 5.93. The summed E-state index contributed by atoms with van der Waals surface area (Å²) in [7, 11) is 3.41. The molecular weight excluding hydrogens is 357 g/mol. The summed E-state index contributed by atoms with van der Waals surface area (Å²) in [5.41, 5.74) is 3.10. The van der Waals surface area contributed by atoms with Gasteiger partial charge in [0, 0.05) is 39.4 Å². The van der Waals surface area contributed by atoms with E-state index in [1.165, 1.54) is 12.1 Å². The molecule has 3 aromatic rings. The number of rotatable bonds is 8. The molecule has 0 unspecified atom stereocenters. The molecule has 1 heterocycles. The molecule has 0 aliphatic rings. The van der Waals surface area contributed by atoms with E-state index >= 15 is 0 Å². The number of aryl methyl sites for hydroxylation is 1. The van der Waals surface area contributed by atoms with Gasteiger partial charge in [0.05, 0.1) is 5.69 Å². The average molecular weight is 381 g/mol. The second-order valence-corrected chi connectivity index (χ2v) is 6.60. The molecule has 0 bridgehead atoms. The zero-order valence-corrected chi connectivity index (χ0v) is 16.1. The molecule has 0 radical (unpaired) electrons. The first-order valence-electron chi connectivity index (χ1n) is 9.20. The van der Waals surface area contributed by atoms with E-state index in [1.807, 2.05) is 36.4 Å². The summed E-state index contributed by atoms with van der Waals surface area (Å²) in [5, 5.41) is 4.49. The second-order valence-electron chi connectivity index (χ2n) is 6.60. The Morgan fingerprint density at radius 1 is 1.14 bits per heavy atom. The minimum absolute atomic E-state index is 0.113. The Bertz CT molecular complexity index is 907. The first kappa shape index (κ1) is 19.8. The van der Waals surface area contributed by atoms with E-state index in [0.717, 1.165) is 16.8 Å². The summed E-state index contributed by atoms with van der Waals surface area (Å²) in [5.74, 6) is -0.405. The van der Waals surface area contributed by atoms with Crippen LogP contribution in [0.25, 0.3) is 11.3 Å². The second kappa shape index (κ2) is 9.28. The predicted octanol–water partition coefficient (Wildman–Crippen LogP) is 3.91. The van der Waals surface area contributed by atoms with Gasteiger partial charge in [-0.05, 0) is 30.2 Å². The Morgan fingerprint density at radius 2 is 1.86 bits per heavy atom. The highest BCUT2D eigenvalue weighted by Gasteiger charge is 2.21. The van der Waals surface area contributed by atoms with Crippen molar-refractivity contribution in [3.63, 3.8) is 0 Å². The molecule has 6 heteroatoms. The maximum atomic E-state index is 13.2. The summed E-state index contributed by atoms with van der Waals surface area (Å²) < 4.78 is 19.9. The molecule has 1 amide bonds.